The SMILES string of the molecule is CCC(C)C(=O)NCCNc1nc2c(c(=O)n(C)c(=O)n2C)n1Cc1cc(C)ccc1C. The van der Waals surface area contributed by atoms with Gasteiger partial charge in [-0.25, -0.2) is 4.79 Å². The fourth-order valence-corrected chi connectivity index (χ4v) is 3.60. The fraction of sp³-hybridized carbons (Fsp3) is 0.478. The lowest BCUT2D eigenvalue weighted by atomic mass is 10.1. The summed E-state index contributed by atoms with van der Waals surface area (Å²) in [6, 6.07) is 6.19. The standard InChI is InChI=1S/C23H32N6O3/c1-7-15(3)20(30)24-10-11-25-22-26-19-18(21(31)28(6)23(32)27(19)5)29(22)13-17-12-14(2)8-9-16(17)4/h8-9,12,15H,7,10-11,13H2,1-6H3,(H,24,30)(H,25,26). The third-order valence-corrected chi connectivity index (χ3v) is 5.95. The molecular weight excluding hydrogens is 408 g/mol. The first-order valence-corrected chi connectivity index (χ1v) is 10.9. The van der Waals surface area contributed by atoms with Crippen molar-refractivity contribution < 1.29 is 4.79 Å². The van der Waals surface area contributed by atoms with Gasteiger partial charge in [0.1, 0.15) is 0 Å². The Hall–Kier alpha value is -3.36. The van der Waals surface area contributed by atoms with Crippen LogP contribution in [-0.2, 0) is 25.4 Å². The molecule has 9 nitrogen and oxygen atoms in total. The van der Waals surface area contributed by atoms with Crippen molar-refractivity contribution in [3.63, 3.8) is 0 Å². The third kappa shape index (κ3) is 4.46. The van der Waals surface area contributed by atoms with Crippen LogP contribution in [0.5, 0.6) is 0 Å². The van der Waals surface area contributed by atoms with Crippen molar-refractivity contribution >= 4 is 23.0 Å². The molecule has 0 spiro atoms. The highest BCUT2D eigenvalue weighted by Gasteiger charge is 2.20. The number of aryl methyl sites for hydroxylation is 3. The van der Waals surface area contributed by atoms with E-state index in [1.807, 2.05) is 38.3 Å². The van der Waals surface area contributed by atoms with E-state index in [1.165, 1.54) is 11.6 Å². The summed E-state index contributed by atoms with van der Waals surface area (Å²) in [6.07, 6.45) is 0.780. The van der Waals surface area contributed by atoms with Crippen LogP contribution in [0.25, 0.3) is 11.2 Å². The van der Waals surface area contributed by atoms with E-state index in [0.29, 0.717) is 36.7 Å². The summed E-state index contributed by atoms with van der Waals surface area (Å²) in [5.74, 6) is 0.452. The third-order valence-electron chi connectivity index (χ3n) is 5.95. The van der Waals surface area contributed by atoms with Gasteiger partial charge in [0.05, 0.1) is 6.54 Å². The summed E-state index contributed by atoms with van der Waals surface area (Å²) >= 11 is 0. The average molecular weight is 441 g/mol. The van der Waals surface area contributed by atoms with E-state index in [2.05, 4.69) is 27.8 Å². The van der Waals surface area contributed by atoms with E-state index < -0.39 is 5.69 Å². The number of nitrogens with one attached hydrogen (secondary N) is 2. The van der Waals surface area contributed by atoms with Crippen LogP contribution in [0.15, 0.2) is 27.8 Å². The molecule has 0 aliphatic heterocycles. The smallest absolute Gasteiger partial charge is 0.332 e. The Labute approximate surface area is 187 Å². The maximum Gasteiger partial charge on any atom is 0.332 e. The molecule has 0 radical (unpaired) electrons. The fourth-order valence-electron chi connectivity index (χ4n) is 3.60. The highest BCUT2D eigenvalue weighted by molar-refractivity contribution is 5.78. The second-order valence-corrected chi connectivity index (χ2v) is 8.36. The van der Waals surface area contributed by atoms with Crippen LogP contribution in [0.2, 0.25) is 0 Å². The minimum Gasteiger partial charge on any atom is -0.354 e. The minimum absolute atomic E-state index is 0.00875. The average Bonchev–Trinajstić information content (AvgIpc) is 3.13. The van der Waals surface area contributed by atoms with Gasteiger partial charge in [-0.05, 0) is 31.4 Å². The Morgan fingerprint density at radius 2 is 1.84 bits per heavy atom. The number of nitrogens with zero attached hydrogens (tertiary/aromatic N) is 4. The van der Waals surface area contributed by atoms with Gasteiger partial charge in [-0.1, -0.05) is 37.6 Å². The zero-order valence-corrected chi connectivity index (χ0v) is 19.7. The summed E-state index contributed by atoms with van der Waals surface area (Å²) in [4.78, 5) is 42.0. The van der Waals surface area contributed by atoms with Gasteiger partial charge in [-0.15, -0.1) is 0 Å². The molecule has 1 aromatic carbocycles. The van der Waals surface area contributed by atoms with Crippen LogP contribution in [-0.4, -0.2) is 37.7 Å². The molecule has 3 rings (SSSR count). The molecule has 0 fully saturated rings. The van der Waals surface area contributed by atoms with E-state index >= 15 is 0 Å². The number of benzene rings is 1. The Balaban J connectivity index is 2.00. The second-order valence-electron chi connectivity index (χ2n) is 8.36. The molecule has 0 aliphatic rings. The lowest BCUT2D eigenvalue weighted by Gasteiger charge is -2.14. The number of hydrogen-bond donors (Lipinski definition) is 2. The molecule has 1 atom stereocenters. The molecule has 0 aliphatic carbocycles. The number of fused-ring (bicyclic) bond motifs is 1. The van der Waals surface area contributed by atoms with Gasteiger partial charge in [0.2, 0.25) is 11.9 Å². The van der Waals surface area contributed by atoms with Gasteiger partial charge in [-0.3, -0.25) is 23.3 Å². The number of hydrogen-bond acceptors (Lipinski definition) is 5. The van der Waals surface area contributed by atoms with Crippen LogP contribution >= 0.6 is 0 Å². The monoisotopic (exact) mass is 440 g/mol. The molecule has 0 bridgehead atoms. The van der Waals surface area contributed by atoms with Crippen LogP contribution in [0.4, 0.5) is 5.95 Å². The zero-order valence-electron chi connectivity index (χ0n) is 19.7. The van der Waals surface area contributed by atoms with Gasteiger partial charge in [0, 0.05) is 33.1 Å². The first kappa shape index (κ1) is 23.3. The second kappa shape index (κ2) is 9.42. The predicted octanol–water partition coefficient (Wildman–Crippen LogP) is 1.67. The molecule has 2 N–H and O–H groups in total. The summed E-state index contributed by atoms with van der Waals surface area (Å²) in [5, 5.41) is 6.14. The highest BCUT2D eigenvalue weighted by atomic mass is 16.2. The predicted molar refractivity (Wildman–Crippen MR) is 126 cm³/mol. The summed E-state index contributed by atoms with van der Waals surface area (Å²) in [5.41, 5.74) is 3.17. The topological polar surface area (TPSA) is 103 Å². The number of amides is 1. The lowest BCUT2D eigenvalue weighted by Crippen LogP contribution is -2.37. The Bertz CT molecular complexity index is 1270. The van der Waals surface area contributed by atoms with Crippen molar-refractivity contribution in [3.8, 4) is 0 Å². The van der Waals surface area contributed by atoms with E-state index in [0.717, 1.165) is 27.7 Å². The van der Waals surface area contributed by atoms with Crippen molar-refractivity contribution in [3.05, 3.63) is 55.7 Å². The highest BCUT2D eigenvalue weighted by Crippen LogP contribution is 2.20. The molecule has 1 amide bonds. The zero-order chi connectivity index (χ0) is 23.6. The first-order valence-electron chi connectivity index (χ1n) is 10.9. The molecule has 0 saturated heterocycles. The van der Waals surface area contributed by atoms with Crippen LogP contribution in [0.1, 0.15) is 37.0 Å². The molecular formula is C23H32N6O3. The summed E-state index contributed by atoms with van der Waals surface area (Å²) < 4.78 is 4.29. The van der Waals surface area contributed by atoms with Crippen molar-refractivity contribution in [2.24, 2.45) is 20.0 Å². The molecule has 0 saturated carbocycles. The van der Waals surface area contributed by atoms with Crippen LogP contribution in [0, 0.1) is 19.8 Å². The minimum atomic E-state index is -0.425. The van der Waals surface area contributed by atoms with E-state index in [1.54, 1.807) is 7.05 Å². The number of carbonyl (C=O) groups excluding carboxylic acids is 1. The van der Waals surface area contributed by atoms with Gasteiger partial charge < -0.3 is 10.6 Å². The van der Waals surface area contributed by atoms with Gasteiger partial charge >= 0.3 is 5.69 Å². The number of aromatic nitrogens is 4. The summed E-state index contributed by atoms with van der Waals surface area (Å²) in [7, 11) is 3.08. The van der Waals surface area contributed by atoms with E-state index in [-0.39, 0.29) is 17.4 Å². The van der Waals surface area contributed by atoms with Gasteiger partial charge in [0.15, 0.2) is 11.2 Å². The van der Waals surface area contributed by atoms with Crippen molar-refractivity contribution in [2.45, 2.75) is 40.7 Å². The van der Waals surface area contributed by atoms with E-state index in [4.69, 9.17) is 0 Å². The molecule has 3 aromatic rings. The number of anilines is 1. The van der Waals surface area contributed by atoms with Gasteiger partial charge in [0.25, 0.3) is 5.56 Å². The molecule has 9 heteroatoms. The largest absolute Gasteiger partial charge is 0.354 e. The maximum atomic E-state index is 13.0. The Morgan fingerprint density at radius 1 is 1.12 bits per heavy atom. The molecule has 2 heterocycles. The van der Waals surface area contributed by atoms with Crippen LogP contribution in [0.3, 0.4) is 0 Å². The number of carbonyl (C=O) groups is 1. The number of imidazole rings is 1. The van der Waals surface area contributed by atoms with E-state index in [9.17, 15) is 14.4 Å². The van der Waals surface area contributed by atoms with Crippen LogP contribution < -0.4 is 21.9 Å². The molecule has 1 unspecified atom stereocenters. The number of rotatable bonds is 8. The normalized spacial score (nSPS) is 12.2. The quantitative estimate of drug-likeness (QED) is 0.519. The summed E-state index contributed by atoms with van der Waals surface area (Å²) in [6.45, 7) is 9.21. The Morgan fingerprint density at radius 3 is 2.53 bits per heavy atom. The molecule has 32 heavy (non-hydrogen) atoms. The lowest BCUT2D eigenvalue weighted by molar-refractivity contribution is -0.124. The molecule has 2 aromatic heterocycles. The van der Waals surface area contributed by atoms with Crippen molar-refractivity contribution in [1.82, 2.24) is 24.0 Å². The molecule has 172 valence electrons. The first-order chi connectivity index (χ1) is 15.1. The van der Waals surface area contributed by atoms with Crippen molar-refractivity contribution in [2.75, 3.05) is 18.4 Å². The maximum absolute atomic E-state index is 13.0. The van der Waals surface area contributed by atoms with Gasteiger partial charge in [-0.2, -0.15) is 4.98 Å². The Kier molecular flexibility index (Phi) is 6.86. The van der Waals surface area contributed by atoms with Crippen molar-refractivity contribution in [1.29, 1.82) is 0 Å².